The summed E-state index contributed by atoms with van der Waals surface area (Å²) in [6.45, 7) is 10.7. The number of ether oxygens (including phenoxy) is 2. The number of rotatable bonds is 8. The van der Waals surface area contributed by atoms with Crippen LogP contribution in [-0.4, -0.2) is 41.2 Å². The Morgan fingerprint density at radius 3 is 2.60 bits per heavy atom. The van der Waals surface area contributed by atoms with Crippen LogP contribution in [0, 0.1) is 20.8 Å². The number of nitrogens with one attached hydrogen (secondary N) is 2. The number of carbonyl (C=O) groups is 1. The molecule has 2 unspecified atom stereocenters. The molecule has 0 aliphatic carbocycles. The van der Waals surface area contributed by atoms with E-state index < -0.39 is 5.79 Å². The quantitative estimate of drug-likeness (QED) is 0.492. The molecule has 0 saturated carbocycles. The number of benzene rings is 1. The topological polar surface area (TPSA) is 83.7 Å². The number of aromatic nitrogens is 1. The molecule has 0 bridgehead atoms. The molecule has 4 rings (SSSR count). The summed E-state index contributed by atoms with van der Waals surface area (Å²) in [5.41, 5.74) is 4.61. The number of carbonyl (C=O) groups excluding carboxylic acids is 1. The van der Waals surface area contributed by atoms with Crippen LogP contribution in [-0.2, 0) is 13.0 Å². The maximum absolute atomic E-state index is 13.6. The SMILES string of the molecule is CCC(CCCC1(C)Oc2c(C)c3c(c(Br)c2O1)CCN(Cc1c(C)cc(C)[nH]c1=O)C3=O)NC. The Labute approximate surface area is 215 Å². The van der Waals surface area contributed by atoms with Crippen molar-refractivity contribution in [1.29, 1.82) is 0 Å². The lowest BCUT2D eigenvalue weighted by atomic mass is 9.93. The van der Waals surface area contributed by atoms with Gasteiger partial charge in [0.2, 0.25) is 5.79 Å². The van der Waals surface area contributed by atoms with Gasteiger partial charge < -0.3 is 24.7 Å². The third-order valence-corrected chi connectivity index (χ3v) is 8.22. The molecule has 2 N–H and O–H groups in total. The minimum absolute atomic E-state index is 0.0800. The van der Waals surface area contributed by atoms with Gasteiger partial charge in [0.15, 0.2) is 11.5 Å². The fourth-order valence-electron chi connectivity index (χ4n) is 5.30. The molecule has 0 fully saturated rings. The largest absolute Gasteiger partial charge is 0.448 e. The van der Waals surface area contributed by atoms with Crippen LogP contribution in [0.25, 0.3) is 0 Å². The third kappa shape index (κ3) is 4.87. The van der Waals surface area contributed by atoms with Crippen molar-refractivity contribution in [3.05, 3.63) is 54.4 Å². The van der Waals surface area contributed by atoms with Crippen LogP contribution in [0.3, 0.4) is 0 Å². The molecular formula is C27H36BrN3O4. The van der Waals surface area contributed by atoms with Crippen molar-refractivity contribution in [3.63, 3.8) is 0 Å². The molecule has 2 atom stereocenters. The van der Waals surface area contributed by atoms with Crippen LogP contribution < -0.4 is 20.3 Å². The van der Waals surface area contributed by atoms with Crippen molar-refractivity contribution in [2.75, 3.05) is 13.6 Å². The van der Waals surface area contributed by atoms with Gasteiger partial charge in [-0.15, -0.1) is 0 Å². The van der Waals surface area contributed by atoms with Gasteiger partial charge in [-0.2, -0.15) is 0 Å². The number of nitrogens with zero attached hydrogens (tertiary/aromatic N) is 1. The van der Waals surface area contributed by atoms with E-state index >= 15 is 0 Å². The lowest BCUT2D eigenvalue weighted by Gasteiger charge is -2.31. The van der Waals surface area contributed by atoms with Gasteiger partial charge in [0, 0.05) is 42.8 Å². The Morgan fingerprint density at radius 2 is 1.94 bits per heavy atom. The van der Waals surface area contributed by atoms with Crippen molar-refractivity contribution in [2.24, 2.45) is 0 Å². The lowest BCUT2D eigenvalue weighted by Crippen LogP contribution is -2.39. The molecule has 2 aromatic rings. The molecule has 35 heavy (non-hydrogen) atoms. The van der Waals surface area contributed by atoms with E-state index in [1.165, 1.54) is 0 Å². The van der Waals surface area contributed by atoms with Crippen LogP contribution in [0.1, 0.15) is 77.8 Å². The molecule has 190 valence electrons. The number of aryl methyl sites for hydroxylation is 2. The predicted octanol–water partition coefficient (Wildman–Crippen LogP) is 4.92. The molecule has 7 nitrogen and oxygen atoms in total. The molecule has 0 radical (unpaired) electrons. The Kier molecular flexibility index (Phi) is 7.34. The van der Waals surface area contributed by atoms with E-state index in [9.17, 15) is 9.59 Å². The summed E-state index contributed by atoms with van der Waals surface area (Å²) in [4.78, 5) is 30.8. The molecule has 2 aliphatic heterocycles. The average Bonchev–Trinajstić information content (AvgIpc) is 3.16. The molecule has 0 spiro atoms. The number of hydrogen-bond acceptors (Lipinski definition) is 5. The Hall–Kier alpha value is -2.32. The summed E-state index contributed by atoms with van der Waals surface area (Å²) in [6.07, 6.45) is 4.54. The first-order valence-corrected chi connectivity index (χ1v) is 13.3. The van der Waals surface area contributed by atoms with E-state index in [0.717, 1.165) is 52.5 Å². The van der Waals surface area contributed by atoms with E-state index in [1.54, 1.807) is 4.90 Å². The standard InChI is InChI=1S/C27H36BrN3O4/c1-7-18(29-6)9-8-11-27(5)34-23-17(4)21-19(22(28)24(23)35-27)10-12-31(26(21)33)14-20-15(2)13-16(3)30-25(20)32/h13,18,29H,7-12,14H2,1-6H3,(H,30,32). The first-order valence-electron chi connectivity index (χ1n) is 12.5. The molecule has 3 heterocycles. The fraction of sp³-hybridized carbons (Fsp3) is 0.556. The molecule has 1 aromatic heterocycles. The summed E-state index contributed by atoms with van der Waals surface area (Å²) < 4.78 is 13.5. The summed E-state index contributed by atoms with van der Waals surface area (Å²) in [7, 11) is 2.00. The molecule has 0 saturated heterocycles. The summed E-state index contributed by atoms with van der Waals surface area (Å²) in [5.74, 6) is 0.485. The number of hydrogen-bond donors (Lipinski definition) is 2. The smallest absolute Gasteiger partial charge is 0.254 e. The Balaban J connectivity index is 1.58. The third-order valence-electron chi connectivity index (χ3n) is 7.38. The first-order chi connectivity index (χ1) is 16.6. The minimum atomic E-state index is -0.763. The summed E-state index contributed by atoms with van der Waals surface area (Å²) in [6, 6.07) is 2.43. The van der Waals surface area contributed by atoms with E-state index in [1.807, 2.05) is 40.8 Å². The predicted molar refractivity (Wildman–Crippen MR) is 141 cm³/mol. The summed E-state index contributed by atoms with van der Waals surface area (Å²) in [5, 5.41) is 3.35. The van der Waals surface area contributed by atoms with Gasteiger partial charge in [0.25, 0.3) is 11.5 Å². The molecule has 1 amide bonds. The zero-order valence-electron chi connectivity index (χ0n) is 21.6. The van der Waals surface area contributed by atoms with Crippen molar-refractivity contribution >= 4 is 21.8 Å². The maximum Gasteiger partial charge on any atom is 0.254 e. The highest BCUT2D eigenvalue weighted by atomic mass is 79.9. The van der Waals surface area contributed by atoms with Gasteiger partial charge in [-0.25, -0.2) is 0 Å². The monoisotopic (exact) mass is 545 g/mol. The second-order valence-corrected chi connectivity index (χ2v) is 10.8. The second-order valence-electron chi connectivity index (χ2n) is 9.99. The van der Waals surface area contributed by atoms with Gasteiger partial charge in [-0.05, 0) is 86.6 Å². The number of H-pyrrole nitrogens is 1. The summed E-state index contributed by atoms with van der Waals surface area (Å²) >= 11 is 3.72. The molecule has 8 heteroatoms. The number of fused-ring (bicyclic) bond motifs is 2. The second kappa shape index (κ2) is 9.97. The maximum atomic E-state index is 13.6. The number of halogens is 1. The van der Waals surface area contributed by atoms with E-state index in [4.69, 9.17) is 9.47 Å². The van der Waals surface area contributed by atoms with E-state index in [2.05, 4.69) is 33.2 Å². The van der Waals surface area contributed by atoms with Crippen LogP contribution >= 0.6 is 15.9 Å². The van der Waals surface area contributed by atoms with Crippen LogP contribution in [0.15, 0.2) is 15.3 Å². The normalized spacial score (nSPS) is 19.7. The Bertz CT molecular complexity index is 1200. The van der Waals surface area contributed by atoms with Crippen molar-refractivity contribution < 1.29 is 14.3 Å². The number of amides is 1. The highest BCUT2D eigenvalue weighted by Gasteiger charge is 2.42. The van der Waals surface area contributed by atoms with Gasteiger partial charge >= 0.3 is 0 Å². The fourth-order valence-corrected chi connectivity index (χ4v) is 5.96. The molecule has 2 aliphatic rings. The van der Waals surface area contributed by atoms with Crippen molar-refractivity contribution in [1.82, 2.24) is 15.2 Å². The molecular weight excluding hydrogens is 510 g/mol. The van der Waals surface area contributed by atoms with Gasteiger partial charge in [-0.1, -0.05) is 6.92 Å². The highest BCUT2D eigenvalue weighted by Crippen LogP contribution is 2.51. The van der Waals surface area contributed by atoms with Crippen LogP contribution in [0.2, 0.25) is 0 Å². The average molecular weight is 547 g/mol. The van der Waals surface area contributed by atoms with Crippen LogP contribution in [0.5, 0.6) is 11.5 Å². The Morgan fingerprint density at radius 1 is 1.23 bits per heavy atom. The zero-order valence-corrected chi connectivity index (χ0v) is 23.1. The number of pyridine rings is 1. The minimum Gasteiger partial charge on any atom is -0.448 e. The van der Waals surface area contributed by atoms with E-state index in [-0.39, 0.29) is 18.0 Å². The van der Waals surface area contributed by atoms with E-state index in [0.29, 0.717) is 41.6 Å². The lowest BCUT2D eigenvalue weighted by molar-refractivity contribution is -0.0704. The molecule has 1 aromatic carbocycles. The van der Waals surface area contributed by atoms with Crippen LogP contribution in [0.4, 0.5) is 0 Å². The van der Waals surface area contributed by atoms with Gasteiger partial charge in [-0.3, -0.25) is 9.59 Å². The van der Waals surface area contributed by atoms with Crippen molar-refractivity contribution in [2.45, 2.75) is 85.1 Å². The zero-order chi connectivity index (χ0) is 25.5. The first kappa shape index (κ1) is 25.8. The van der Waals surface area contributed by atoms with Gasteiger partial charge in [0.05, 0.1) is 16.6 Å². The highest BCUT2D eigenvalue weighted by molar-refractivity contribution is 9.10. The van der Waals surface area contributed by atoms with Crippen molar-refractivity contribution in [3.8, 4) is 11.5 Å². The van der Waals surface area contributed by atoms with Gasteiger partial charge in [0.1, 0.15) is 0 Å². The number of aromatic amines is 1.